The van der Waals surface area contributed by atoms with E-state index in [4.69, 9.17) is 9.47 Å². The van der Waals surface area contributed by atoms with Crippen LogP contribution in [0.1, 0.15) is 11.1 Å². The standard InChI is InChI=1S/C23H22N2O5S/c1-29-17-9-7-16(8-10-17)14-30-23(28)18-11-12-31-22-20(21(27)25(18)22)24-19(26)13-15-5-3-2-4-6-15/h2-12,18,20,22H,13-14H2,1H3,(H,24,26)/t18?,20-,22-/m1/s1. The van der Waals surface area contributed by atoms with Gasteiger partial charge in [0.15, 0.2) is 0 Å². The number of thioether (sulfide) groups is 1. The van der Waals surface area contributed by atoms with E-state index >= 15 is 0 Å². The highest BCUT2D eigenvalue weighted by Crippen LogP contribution is 2.37. The van der Waals surface area contributed by atoms with Crippen LogP contribution in [0.15, 0.2) is 66.1 Å². The van der Waals surface area contributed by atoms with Gasteiger partial charge >= 0.3 is 5.97 Å². The molecule has 2 aromatic rings. The quantitative estimate of drug-likeness (QED) is 0.527. The van der Waals surface area contributed by atoms with Crippen molar-refractivity contribution in [1.82, 2.24) is 10.2 Å². The smallest absolute Gasteiger partial charge is 0.333 e. The van der Waals surface area contributed by atoms with E-state index in [9.17, 15) is 14.4 Å². The Morgan fingerprint density at radius 1 is 1.06 bits per heavy atom. The predicted octanol–water partition coefficient (Wildman–Crippen LogP) is 2.26. The van der Waals surface area contributed by atoms with Crippen molar-refractivity contribution in [3.63, 3.8) is 0 Å². The monoisotopic (exact) mass is 438 g/mol. The Morgan fingerprint density at radius 2 is 1.81 bits per heavy atom. The van der Waals surface area contributed by atoms with E-state index in [1.165, 1.54) is 16.7 Å². The summed E-state index contributed by atoms with van der Waals surface area (Å²) in [7, 11) is 1.58. The van der Waals surface area contributed by atoms with Crippen molar-refractivity contribution in [1.29, 1.82) is 0 Å². The van der Waals surface area contributed by atoms with E-state index in [1.54, 1.807) is 30.7 Å². The number of fused-ring (bicyclic) bond motifs is 1. The Balaban J connectivity index is 1.32. The van der Waals surface area contributed by atoms with Gasteiger partial charge in [-0.2, -0.15) is 0 Å². The minimum atomic E-state index is -0.792. The second kappa shape index (κ2) is 9.26. The van der Waals surface area contributed by atoms with Crippen LogP contribution < -0.4 is 10.1 Å². The highest BCUT2D eigenvalue weighted by molar-refractivity contribution is 8.02. The van der Waals surface area contributed by atoms with Crippen molar-refractivity contribution in [2.45, 2.75) is 30.5 Å². The topological polar surface area (TPSA) is 84.9 Å². The molecule has 2 aliphatic heterocycles. The summed E-state index contributed by atoms with van der Waals surface area (Å²) in [6.07, 6.45) is 1.85. The lowest BCUT2D eigenvalue weighted by Crippen LogP contribution is -2.73. The molecule has 1 fully saturated rings. The normalized spacial score (nSPS) is 21.6. The van der Waals surface area contributed by atoms with Gasteiger partial charge in [0, 0.05) is 0 Å². The zero-order valence-corrected chi connectivity index (χ0v) is 17.7. The van der Waals surface area contributed by atoms with Crippen LogP contribution in [0.3, 0.4) is 0 Å². The number of carbonyl (C=O) groups excluding carboxylic acids is 3. The van der Waals surface area contributed by atoms with Crippen molar-refractivity contribution in [3.05, 3.63) is 77.2 Å². The van der Waals surface area contributed by atoms with Crippen LogP contribution >= 0.6 is 11.8 Å². The van der Waals surface area contributed by atoms with Gasteiger partial charge in [-0.25, -0.2) is 4.79 Å². The molecule has 0 bridgehead atoms. The summed E-state index contributed by atoms with van der Waals surface area (Å²) < 4.78 is 10.5. The predicted molar refractivity (Wildman–Crippen MR) is 116 cm³/mol. The molecule has 0 spiro atoms. The van der Waals surface area contributed by atoms with Gasteiger partial charge in [0.1, 0.15) is 29.8 Å². The zero-order valence-electron chi connectivity index (χ0n) is 16.9. The van der Waals surface area contributed by atoms with Gasteiger partial charge in [0.25, 0.3) is 0 Å². The fourth-order valence-corrected chi connectivity index (χ4v) is 4.62. The lowest BCUT2D eigenvalue weighted by atomic mass is 10.0. The minimum Gasteiger partial charge on any atom is -0.497 e. The largest absolute Gasteiger partial charge is 0.497 e. The summed E-state index contributed by atoms with van der Waals surface area (Å²) in [5.41, 5.74) is 1.70. The SMILES string of the molecule is COc1ccc(COC(=O)C2C=CS[C@@H]3[C@H](NC(=O)Cc4ccccc4)C(=O)N23)cc1. The molecule has 2 heterocycles. The second-order valence-corrected chi connectivity index (χ2v) is 8.24. The lowest BCUT2D eigenvalue weighted by molar-refractivity contribution is -0.163. The highest BCUT2D eigenvalue weighted by atomic mass is 32.2. The number of nitrogens with zero attached hydrogens (tertiary/aromatic N) is 1. The van der Waals surface area contributed by atoms with Crippen LogP contribution in [-0.2, 0) is 32.1 Å². The second-order valence-electron chi connectivity index (χ2n) is 7.21. The molecule has 0 radical (unpaired) electrons. The first-order valence-corrected chi connectivity index (χ1v) is 10.8. The van der Waals surface area contributed by atoms with Crippen molar-refractivity contribution in [2.75, 3.05) is 7.11 Å². The third-order valence-electron chi connectivity index (χ3n) is 5.16. The van der Waals surface area contributed by atoms with Gasteiger partial charge in [-0.05, 0) is 34.7 Å². The molecule has 2 aromatic carbocycles. The Bertz CT molecular complexity index is 993. The summed E-state index contributed by atoms with van der Waals surface area (Å²) in [6.45, 7) is 0.101. The van der Waals surface area contributed by atoms with E-state index in [0.29, 0.717) is 0 Å². The lowest BCUT2D eigenvalue weighted by Gasteiger charge is -2.50. The molecule has 160 valence electrons. The van der Waals surface area contributed by atoms with Gasteiger partial charge < -0.3 is 19.7 Å². The van der Waals surface area contributed by atoms with E-state index in [0.717, 1.165) is 16.9 Å². The molecule has 7 nitrogen and oxygen atoms in total. The Hall–Kier alpha value is -3.26. The van der Waals surface area contributed by atoms with Gasteiger partial charge in [-0.3, -0.25) is 9.59 Å². The third kappa shape index (κ3) is 4.59. The average molecular weight is 439 g/mol. The summed E-state index contributed by atoms with van der Waals surface area (Å²) in [6, 6.07) is 15.1. The van der Waals surface area contributed by atoms with Crippen LogP contribution in [0.5, 0.6) is 5.75 Å². The Kier molecular flexibility index (Phi) is 6.27. The summed E-state index contributed by atoms with van der Waals surface area (Å²) in [4.78, 5) is 39.1. The molecule has 31 heavy (non-hydrogen) atoms. The number of benzene rings is 2. The van der Waals surface area contributed by atoms with Crippen LogP contribution in [0.2, 0.25) is 0 Å². The summed E-state index contributed by atoms with van der Waals surface area (Å²) >= 11 is 1.40. The van der Waals surface area contributed by atoms with Crippen LogP contribution in [0.4, 0.5) is 0 Å². The van der Waals surface area contributed by atoms with Gasteiger partial charge in [-0.15, -0.1) is 11.8 Å². The molecule has 0 aliphatic carbocycles. The number of nitrogens with one attached hydrogen (secondary N) is 1. The Morgan fingerprint density at radius 3 is 2.52 bits per heavy atom. The molecule has 2 aliphatic rings. The van der Waals surface area contributed by atoms with E-state index in [-0.39, 0.29) is 30.2 Å². The van der Waals surface area contributed by atoms with Crippen LogP contribution in [0.25, 0.3) is 0 Å². The zero-order chi connectivity index (χ0) is 21.8. The minimum absolute atomic E-state index is 0.101. The number of hydrogen-bond acceptors (Lipinski definition) is 6. The van der Waals surface area contributed by atoms with E-state index in [1.807, 2.05) is 42.5 Å². The molecule has 0 aromatic heterocycles. The van der Waals surface area contributed by atoms with Gasteiger partial charge in [0.05, 0.1) is 13.5 Å². The molecule has 2 amide bonds. The first kappa shape index (κ1) is 21.0. The molecule has 1 saturated heterocycles. The van der Waals surface area contributed by atoms with Crippen molar-refractivity contribution >= 4 is 29.5 Å². The van der Waals surface area contributed by atoms with Crippen molar-refractivity contribution < 1.29 is 23.9 Å². The fraction of sp³-hybridized carbons (Fsp3) is 0.261. The molecule has 1 N–H and O–H groups in total. The number of β-lactam (4-membered cyclic amide) rings is 1. The van der Waals surface area contributed by atoms with Crippen LogP contribution in [0, 0.1) is 0 Å². The van der Waals surface area contributed by atoms with Crippen LogP contribution in [-0.4, -0.2) is 47.3 Å². The molecular formula is C23H22N2O5S. The number of rotatable bonds is 7. The molecular weight excluding hydrogens is 416 g/mol. The molecule has 0 saturated carbocycles. The fourth-order valence-electron chi connectivity index (χ4n) is 3.51. The number of ether oxygens (including phenoxy) is 2. The maximum atomic E-state index is 12.7. The van der Waals surface area contributed by atoms with E-state index in [2.05, 4.69) is 5.32 Å². The number of amides is 2. The highest BCUT2D eigenvalue weighted by Gasteiger charge is 2.54. The van der Waals surface area contributed by atoms with Gasteiger partial charge in [-0.1, -0.05) is 42.5 Å². The first-order valence-electron chi connectivity index (χ1n) is 9.84. The average Bonchev–Trinajstić information content (AvgIpc) is 2.81. The number of carbonyl (C=O) groups is 3. The molecule has 4 rings (SSSR count). The third-order valence-corrected chi connectivity index (χ3v) is 6.26. The summed E-state index contributed by atoms with van der Waals surface area (Å²) in [5, 5.41) is 4.25. The molecule has 3 atom stereocenters. The number of hydrogen-bond donors (Lipinski definition) is 1. The van der Waals surface area contributed by atoms with Gasteiger partial charge in [0.2, 0.25) is 11.8 Å². The van der Waals surface area contributed by atoms with Crippen molar-refractivity contribution in [2.24, 2.45) is 0 Å². The summed E-state index contributed by atoms with van der Waals surface area (Å²) in [5.74, 6) is -0.288. The molecule has 1 unspecified atom stereocenters. The maximum Gasteiger partial charge on any atom is 0.333 e. The Labute approximate surface area is 184 Å². The first-order chi connectivity index (χ1) is 15.1. The van der Waals surface area contributed by atoms with Crippen molar-refractivity contribution in [3.8, 4) is 5.75 Å². The maximum absolute atomic E-state index is 12.7. The molecule has 8 heteroatoms. The van der Waals surface area contributed by atoms with E-state index < -0.39 is 18.1 Å². The number of methoxy groups -OCH3 is 1. The number of esters is 1.